The molecule has 0 heterocycles. The number of carboxylic acids is 1. The normalized spacial score (nSPS) is 12.1. The summed E-state index contributed by atoms with van der Waals surface area (Å²) in [7, 11) is 0. The van der Waals surface area contributed by atoms with Crippen LogP contribution in [0.25, 0.3) is 0 Å². The standard InChI is InChI=1S/C42H85NO2.Li/c1-4-6-8-10-12-14-16-18-20-22-24-26-28-30-32-34-36-38-43(41(3)40-42(44)45)39-37-35-33-31-29-27-25-23-21-19-17-15-13-11-9-7-5-2;/h41H,4-40H2,1-3H3,(H,44,45);/q;+1/p-1. The van der Waals surface area contributed by atoms with Crippen molar-refractivity contribution in [3.8, 4) is 0 Å². The largest absolute Gasteiger partial charge is 1.00 e. The van der Waals surface area contributed by atoms with Gasteiger partial charge >= 0.3 is 18.9 Å². The maximum absolute atomic E-state index is 11.2. The average Bonchev–Trinajstić information content (AvgIpc) is 3.02. The first kappa shape index (κ1) is 48.1. The van der Waals surface area contributed by atoms with E-state index >= 15 is 0 Å². The Morgan fingerprint density at radius 2 is 0.609 bits per heavy atom. The molecular weight excluding hydrogens is 557 g/mol. The maximum atomic E-state index is 11.2. The molecule has 0 N–H and O–H groups in total. The summed E-state index contributed by atoms with van der Waals surface area (Å²) < 4.78 is 0. The third-order valence-corrected chi connectivity index (χ3v) is 10.2. The van der Waals surface area contributed by atoms with E-state index in [9.17, 15) is 9.90 Å². The maximum Gasteiger partial charge on any atom is 1.00 e. The Morgan fingerprint density at radius 3 is 0.804 bits per heavy atom. The van der Waals surface area contributed by atoms with Crippen molar-refractivity contribution in [3.63, 3.8) is 0 Å². The van der Waals surface area contributed by atoms with E-state index in [1.54, 1.807) is 0 Å². The molecule has 0 aliphatic heterocycles. The van der Waals surface area contributed by atoms with E-state index in [1.807, 2.05) is 0 Å². The van der Waals surface area contributed by atoms with Gasteiger partial charge in [0.15, 0.2) is 0 Å². The molecule has 0 aliphatic rings. The van der Waals surface area contributed by atoms with Crippen LogP contribution in [0.1, 0.15) is 245 Å². The van der Waals surface area contributed by atoms with E-state index in [-0.39, 0.29) is 31.3 Å². The first-order chi connectivity index (χ1) is 22.1. The van der Waals surface area contributed by atoms with Gasteiger partial charge in [0.1, 0.15) is 0 Å². The molecule has 4 heteroatoms. The van der Waals surface area contributed by atoms with Gasteiger partial charge in [0.05, 0.1) is 0 Å². The molecular formula is C42H84LiNO2. The van der Waals surface area contributed by atoms with E-state index in [0.29, 0.717) is 0 Å². The van der Waals surface area contributed by atoms with Gasteiger partial charge in [-0.25, -0.2) is 0 Å². The Hall–Kier alpha value is 0.0274. The van der Waals surface area contributed by atoms with Crippen molar-refractivity contribution in [2.45, 2.75) is 252 Å². The first-order valence-electron chi connectivity index (χ1n) is 21.1. The van der Waals surface area contributed by atoms with E-state index in [2.05, 4.69) is 25.7 Å². The van der Waals surface area contributed by atoms with Crippen LogP contribution in [0.4, 0.5) is 0 Å². The van der Waals surface area contributed by atoms with E-state index < -0.39 is 5.97 Å². The summed E-state index contributed by atoms with van der Waals surface area (Å²) in [6, 6.07) is 0.0946. The van der Waals surface area contributed by atoms with Gasteiger partial charge in [-0.05, 0) is 32.9 Å². The summed E-state index contributed by atoms with van der Waals surface area (Å²) in [4.78, 5) is 13.7. The van der Waals surface area contributed by atoms with Crippen molar-refractivity contribution < 1.29 is 28.8 Å². The molecule has 0 aromatic heterocycles. The molecule has 0 saturated heterocycles. The number of carboxylic acid groups (broad SMARTS) is 1. The van der Waals surface area contributed by atoms with Gasteiger partial charge in [-0.2, -0.15) is 0 Å². The van der Waals surface area contributed by atoms with Gasteiger partial charge in [-0.1, -0.05) is 219 Å². The van der Waals surface area contributed by atoms with Crippen molar-refractivity contribution in [1.82, 2.24) is 4.90 Å². The molecule has 270 valence electrons. The minimum absolute atomic E-state index is 0. The van der Waals surface area contributed by atoms with Gasteiger partial charge < -0.3 is 14.8 Å². The zero-order chi connectivity index (χ0) is 32.9. The molecule has 1 atom stereocenters. The molecule has 46 heavy (non-hydrogen) atoms. The Bertz CT molecular complexity index is 534. The molecule has 0 spiro atoms. The predicted octanol–water partition coefficient (Wildman–Crippen LogP) is 10.1. The van der Waals surface area contributed by atoms with E-state index in [0.717, 1.165) is 13.1 Å². The topological polar surface area (TPSA) is 43.4 Å². The van der Waals surface area contributed by atoms with E-state index in [1.165, 1.54) is 218 Å². The van der Waals surface area contributed by atoms with Crippen molar-refractivity contribution in [3.05, 3.63) is 0 Å². The predicted molar refractivity (Wildman–Crippen MR) is 199 cm³/mol. The summed E-state index contributed by atoms with van der Waals surface area (Å²) in [5, 5.41) is 11.2. The van der Waals surface area contributed by atoms with Gasteiger partial charge in [-0.3, -0.25) is 0 Å². The number of aliphatic carboxylic acids is 1. The van der Waals surface area contributed by atoms with Crippen LogP contribution in [-0.2, 0) is 4.79 Å². The number of hydrogen-bond acceptors (Lipinski definition) is 3. The third kappa shape index (κ3) is 38.5. The van der Waals surface area contributed by atoms with Crippen LogP contribution in [0, 0.1) is 0 Å². The van der Waals surface area contributed by atoms with Gasteiger partial charge in [0.2, 0.25) is 0 Å². The van der Waals surface area contributed by atoms with Crippen molar-refractivity contribution in [1.29, 1.82) is 0 Å². The number of rotatable bonds is 39. The zero-order valence-corrected chi connectivity index (χ0v) is 32.5. The molecule has 0 aromatic carbocycles. The van der Waals surface area contributed by atoms with Crippen molar-refractivity contribution in [2.75, 3.05) is 13.1 Å². The van der Waals surface area contributed by atoms with Crippen LogP contribution in [0.15, 0.2) is 0 Å². The smallest absolute Gasteiger partial charge is 0.550 e. The summed E-state index contributed by atoms with van der Waals surface area (Å²) >= 11 is 0. The Morgan fingerprint density at radius 1 is 0.413 bits per heavy atom. The summed E-state index contributed by atoms with van der Waals surface area (Å²) in [6.07, 6.45) is 47.6. The molecule has 0 bridgehead atoms. The molecule has 0 aromatic rings. The Labute approximate surface area is 303 Å². The second-order valence-corrected chi connectivity index (χ2v) is 14.8. The minimum atomic E-state index is -0.905. The van der Waals surface area contributed by atoms with Gasteiger partial charge in [0.25, 0.3) is 0 Å². The zero-order valence-electron chi connectivity index (χ0n) is 32.5. The fraction of sp³-hybridized carbons (Fsp3) is 0.976. The fourth-order valence-corrected chi connectivity index (χ4v) is 7.00. The number of hydrogen-bond donors (Lipinski definition) is 0. The molecule has 0 amide bonds. The minimum Gasteiger partial charge on any atom is -0.550 e. The van der Waals surface area contributed by atoms with Gasteiger partial charge in [-0.15, -0.1) is 0 Å². The SMILES string of the molecule is CCCCCCCCCCCCCCCCCCCN(CCCCCCCCCCCCCCCCCCC)C(C)CC(=O)[O-].[Li+]. The summed E-state index contributed by atoms with van der Waals surface area (Å²) in [5.41, 5.74) is 0. The van der Waals surface area contributed by atoms with Crippen LogP contribution in [0.5, 0.6) is 0 Å². The van der Waals surface area contributed by atoms with Crippen LogP contribution >= 0.6 is 0 Å². The van der Waals surface area contributed by atoms with Crippen LogP contribution in [0.2, 0.25) is 0 Å². The monoisotopic (exact) mass is 642 g/mol. The van der Waals surface area contributed by atoms with Crippen LogP contribution in [0.3, 0.4) is 0 Å². The Balaban J connectivity index is 0. The molecule has 3 nitrogen and oxygen atoms in total. The van der Waals surface area contributed by atoms with E-state index in [4.69, 9.17) is 0 Å². The van der Waals surface area contributed by atoms with Crippen molar-refractivity contribution >= 4 is 5.97 Å². The van der Waals surface area contributed by atoms with Crippen LogP contribution < -0.4 is 24.0 Å². The third-order valence-electron chi connectivity index (χ3n) is 10.2. The quantitative estimate of drug-likeness (QED) is 0.0496. The molecule has 1 unspecified atom stereocenters. The summed E-state index contributed by atoms with van der Waals surface area (Å²) in [5.74, 6) is -0.905. The number of nitrogens with zero attached hydrogens (tertiary/aromatic N) is 1. The van der Waals surface area contributed by atoms with Crippen LogP contribution in [-0.4, -0.2) is 30.0 Å². The molecule has 0 radical (unpaired) electrons. The number of carbonyl (C=O) groups excluding carboxylic acids is 1. The molecule has 0 fully saturated rings. The second-order valence-electron chi connectivity index (χ2n) is 14.8. The van der Waals surface area contributed by atoms with Crippen molar-refractivity contribution in [2.24, 2.45) is 0 Å². The molecule has 0 saturated carbocycles. The number of carbonyl (C=O) groups is 1. The Kier molecular flexibility index (Phi) is 43.1. The first-order valence-corrected chi connectivity index (χ1v) is 21.1. The average molecular weight is 642 g/mol. The number of unbranched alkanes of at least 4 members (excludes halogenated alkanes) is 32. The van der Waals surface area contributed by atoms with Gasteiger partial charge in [0, 0.05) is 18.4 Å². The molecule has 0 rings (SSSR count). The molecule has 0 aliphatic carbocycles. The summed E-state index contributed by atoms with van der Waals surface area (Å²) in [6.45, 7) is 8.76. The second kappa shape index (κ2) is 41.2. The fourth-order valence-electron chi connectivity index (χ4n) is 7.00.